The summed E-state index contributed by atoms with van der Waals surface area (Å²) in [6.45, 7) is -0.0800. The first-order chi connectivity index (χ1) is 10.5. The van der Waals surface area contributed by atoms with Crippen molar-refractivity contribution in [1.82, 2.24) is 14.9 Å². The molecule has 0 bridgehead atoms. The van der Waals surface area contributed by atoms with Gasteiger partial charge in [-0.2, -0.15) is 4.98 Å². The Morgan fingerprint density at radius 2 is 2.00 bits per heavy atom. The highest BCUT2D eigenvalue weighted by atomic mass is 35.5. The van der Waals surface area contributed by atoms with E-state index in [-0.39, 0.29) is 17.3 Å². The molecular weight excluding hydrogens is 346 g/mol. The third-order valence-electron chi connectivity index (χ3n) is 2.75. The van der Waals surface area contributed by atoms with E-state index in [0.717, 1.165) is 4.88 Å². The fourth-order valence-electron chi connectivity index (χ4n) is 1.69. The van der Waals surface area contributed by atoms with Crippen LogP contribution in [-0.4, -0.2) is 18.6 Å². The second-order valence-electron chi connectivity index (χ2n) is 4.27. The van der Waals surface area contributed by atoms with Gasteiger partial charge in [0, 0.05) is 5.02 Å². The summed E-state index contributed by atoms with van der Waals surface area (Å²) >= 11 is 7.21. The summed E-state index contributed by atoms with van der Waals surface area (Å²) in [5.74, 6) is 0.636. The van der Waals surface area contributed by atoms with Gasteiger partial charge < -0.3 is 4.52 Å². The molecule has 0 atom stereocenters. The molecule has 2 heterocycles. The first kappa shape index (κ1) is 15.2. The molecule has 0 radical (unpaired) electrons. The van der Waals surface area contributed by atoms with E-state index in [1.807, 2.05) is 17.5 Å². The summed E-state index contributed by atoms with van der Waals surface area (Å²) < 4.78 is 31.7. The summed E-state index contributed by atoms with van der Waals surface area (Å²) in [5.41, 5.74) is 0. The van der Waals surface area contributed by atoms with Gasteiger partial charge in [0.05, 0.1) is 16.3 Å². The van der Waals surface area contributed by atoms with E-state index in [1.54, 1.807) is 0 Å². The van der Waals surface area contributed by atoms with Crippen LogP contribution in [0.15, 0.2) is 51.2 Å². The van der Waals surface area contributed by atoms with Crippen LogP contribution in [0.25, 0.3) is 10.7 Å². The molecule has 0 unspecified atom stereocenters. The van der Waals surface area contributed by atoms with Gasteiger partial charge in [0.25, 0.3) is 0 Å². The zero-order valence-corrected chi connectivity index (χ0v) is 13.5. The third kappa shape index (κ3) is 3.36. The van der Waals surface area contributed by atoms with Crippen molar-refractivity contribution in [3.8, 4) is 10.7 Å². The average Bonchev–Trinajstić information content (AvgIpc) is 3.17. The smallest absolute Gasteiger partial charge is 0.242 e. The molecule has 0 spiro atoms. The minimum Gasteiger partial charge on any atom is -0.337 e. The highest BCUT2D eigenvalue weighted by Crippen LogP contribution is 2.21. The van der Waals surface area contributed by atoms with E-state index < -0.39 is 10.0 Å². The second kappa shape index (κ2) is 6.17. The van der Waals surface area contributed by atoms with E-state index in [2.05, 4.69) is 14.9 Å². The molecule has 2 aromatic heterocycles. The van der Waals surface area contributed by atoms with E-state index in [1.165, 1.54) is 35.6 Å². The van der Waals surface area contributed by atoms with Gasteiger partial charge in [0.15, 0.2) is 0 Å². The first-order valence-electron chi connectivity index (χ1n) is 6.16. The molecule has 0 amide bonds. The standard InChI is InChI=1S/C13H10ClN3O3S2/c14-9-3-5-10(6-4-9)22(18,19)15-8-12-16-13(17-20-12)11-2-1-7-21-11/h1-7,15H,8H2. The molecule has 0 saturated heterocycles. The summed E-state index contributed by atoms with van der Waals surface area (Å²) in [4.78, 5) is 5.13. The lowest BCUT2D eigenvalue weighted by Gasteiger charge is -2.04. The highest BCUT2D eigenvalue weighted by molar-refractivity contribution is 7.89. The minimum absolute atomic E-state index is 0.0800. The average molecular weight is 356 g/mol. The number of hydrogen-bond acceptors (Lipinski definition) is 6. The van der Waals surface area contributed by atoms with Gasteiger partial charge >= 0.3 is 0 Å². The number of rotatable bonds is 5. The molecule has 9 heteroatoms. The van der Waals surface area contributed by atoms with Crippen LogP contribution in [0.5, 0.6) is 0 Å². The molecule has 3 rings (SSSR count). The molecular formula is C13H10ClN3O3S2. The van der Waals surface area contributed by atoms with Gasteiger partial charge in [-0.1, -0.05) is 22.8 Å². The molecule has 0 aliphatic carbocycles. The molecule has 0 aliphatic rings. The summed E-state index contributed by atoms with van der Waals surface area (Å²) in [7, 11) is -3.65. The molecule has 3 aromatic rings. The highest BCUT2D eigenvalue weighted by Gasteiger charge is 2.16. The van der Waals surface area contributed by atoms with Crippen LogP contribution in [0.4, 0.5) is 0 Å². The van der Waals surface area contributed by atoms with Crippen LogP contribution in [0.2, 0.25) is 5.02 Å². The fraction of sp³-hybridized carbons (Fsp3) is 0.0769. The Morgan fingerprint density at radius 1 is 1.23 bits per heavy atom. The second-order valence-corrected chi connectivity index (χ2v) is 7.42. The fourth-order valence-corrected chi connectivity index (χ4v) is 3.44. The van der Waals surface area contributed by atoms with Crippen molar-refractivity contribution in [2.75, 3.05) is 0 Å². The molecule has 6 nitrogen and oxygen atoms in total. The molecule has 0 aliphatic heterocycles. The maximum Gasteiger partial charge on any atom is 0.242 e. The van der Waals surface area contributed by atoms with Gasteiger partial charge in [0.1, 0.15) is 0 Å². The number of nitrogens with zero attached hydrogens (tertiary/aromatic N) is 2. The van der Waals surface area contributed by atoms with Crippen molar-refractivity contribution in [3.05, 3.63) is 52.7 Å². The largest absolute Gasteiger partial charge is 0.337 e. The molecule has 1 aromatic carbocycles. The quantitative estimate of drug-likeness (QED) is 0.760. The Kier molecular flexibility index (Phi) is 4.25. The van der Waals surface area contributed by atoms with Gasteiger partial charge in [-0.05, 0) is 35.7 Å². The van der Waals surface area contributed by atoms with Gasteiger partial charge in [-0.3, -0.25) is 0 Å². The number of nitrogens with one attached hydrogen (secondary N) is 1. The van der Waals surface area contributed by atoms with E-state index >= 15 is 0 Å². The van der Waals surface area contributed by atoms with Crippen molar-refractivity contribution in [3.63, 3.8) is 0 Å². The summed E-state index contributed by atoms with van der Waals surface area (Å²) in [6.07, 6.45) is 0. The number of halogens is 1. The van der Waals surface area contributed by atoms with Gasteiger partial charge in [-0.25, -0.2) is 13.1 Å². The molecule has 0 saturated carbocycles. The van der Waals surface area contributed by atoms with Crippen molar-refractivity contribution >= 4 is 33.0 Å². The third-order valence-corrected chi connectivity index (χ3v) is 5.28. The Balaban J connectivity index is 1.71. The van der Waals surface area contributed by atoms with Crippen molar-refractivity contribution in [2.45, 2.75) is 11.4 Å². The van der Waals surface area contributed by atoms with Crippen molar-refractivity contribution < 1.29 is 12.9 Å². The van der Waals surface area contributed by atoms with Crippen LogP contribution < -0.4 is 4.72 Å². The maximum absolute atomic E-state index is 12.1. The predicted octanol–water partition coefficient (Wildman–Crippen LogP) is 2.93. The Bertz CT molecular complexity index is 858. The van der Waals surface area contributed by atoms with Crippen LogP contribution in [0, 0.1) is 0 Å². The zero-order valence-electron chi connectivity index (χ0n) is 11.1. The number of hydrogen-bond donors (Lipinski definition) is 1. The van der Waals surface area contributed by atoms with Crippen LogP contribution in [0.1, 0.15) is 5.89 Å². The Labute approximate surface area is 135 Å². The predicted molar refractivity (Wildman–Crippen MR) is 83.1 cm³/mol. The van der Waals surface area contributed by atoms with Crippen LogP contribution in [0.3, 0.4) is 0 Å². The zero-order chi connectivity index (χ0) is 15.6. The summed E-state index contributed by atoms with van der Waals surface area (Å²) in [5, 5.41) is 6.18. The summed E-state index contributed by atoms with van der Waals surface area (Å²) in [6, 6.07) is 9.61. The van der Waals surface area contributed by atoms with Crippen LogP contribution >= 0.6 is 22.9 Å². The number of benzene rings is 1. The number of aromatic nitrogens is 2. The lowest BCUT2D eigenvalue weighted by atomic mass is 10.4. The molecule has 114 valence electrons. The topological polar surface area (TPSA) is 85.1 Å². The van der Waals surface area contributed by atoms with Gasteiger partial charge in [-0.15, -0.1) is 11.3 Å². The SMILES string of the molecule is O=S(=O)(NCc1nc(-c2cccs2)no1)c1ccc(Cl)cc1. The van der Waals surface area contributed by atoms with Crippen molar-refractivity contribution in [2.24, 2.45) is 0 Å². The number of sulfonamides is 1. The normalized spacial score (nSPS) is 11.7. The van der Waals surface area contributed by atoms with Crippen LogP contribution in [-0.2, 0) is 16.6 Å². The number of thiophene rings is 1. The lowest BCUT2D eigenvalue weighted by molar-refractivity contribution is 0.376. The monoisotopic (exact) mass is 355 g/mol. The Hall–Kier alpha value is -1.74. The van der Waals surface area contributed by atoms with E-state index in [9.17, 15) is 8.42 Å². The minimum atomic E-state index is -3.65. The lowest BCUT2D eigenvalue weighted by Crippen LogP contribution is -2.23. The maximum atomic E-state index is 12.1. The first-order valence-corrected chi connectivity index (χ1v) is 8.90. The van der Waals surface area contributed by atoms with E-state index in [0.29, 0.717) is 10.8 Å². The molecule has 22 heavy (non-hydrogen) atoms. The Morgan fingerprint density at radius 3 is 2.68 bits per heavy atom. The molecule has 0 fully saturated rings. The molecule has 1 N–H and O–H groups in total. The van der Waals surface area contributed by atoms with Crippen molar-refractivity contribution in [1.29, 1.82) is 0 Å². The van der Waals surface area contributed by atoms with E-state index in [4.69, 9.17) is 16.1 Å². The van der Waals surface area contributed by atoms with Gasteiger partial charge in [0.2, 0.25) is 21.7 Å².